The van der Waals surface area contributed by atoms with Crippen molar-refractivity contribution in [1.29, 1.82) is 0 Å². The predicted octanol–water partition coefficient (Wildman–Crippen LogP) is 10.5. The van der Waals surface area contributed by atoms with Gasteiger partial charge in [0.2, 0.25) is 17.1 Å². The molecule has 0 bridgehead atoms. The maximum atomic E-state index is 2.66. The Morgan fingerprint density at radius 1 is 0.646 bits per heavy atom. The molecular weight excluding hydrogens is 583 g/mol. The number of para-hydroxylation sites is 3. The molecule has 228 valence electrons. The monoisotopic (exact) mass is 616 g/mol. The van der Waals surface area contributed by atoms with E-state index in [2.05, 4.69) is 180 Å². The first-order chi connectivity index (χ1) is 23.6. The first kappa shape index (κ1) is 26.4. The van der Waals surface area contributed by atoms with E-state index in [0.29, 0.717) is 0 Å². The molecule has 0 spiro atoms. The highest BCUT2D eigenvalue weighted by molar-refractivity contribution is 6.22. The topological polar surface area (TPSA) is 9.49 Å². The zero-order valence-electron chi connectivity index (χ0n) is 27.0. The average molecular weight is 617 g/mol. The summed E-state index contributed by atoms with van der Waals surface area (Å²) >= 11 is 0. The van der Waals surface area contributed by atoms with Crippen molar-refractivity contribution in [3.63, 3.8) is 0 Å². The smallest absolute Gasteiger partial charge is 0.235 e. The molecule has 0 saturated heterocycles. The van der Waals surface area contributed by atoms with Gasteiger partial charge < -0.3 is 9.80 Å². The van der Waals surface area contributed by atoms with E-state index in [1.54, 1.807) is 0 Å². The lowest BCUT2D eigenvalue weighted by Gasteiger charge is -2.34. The lowest BCUT2D eigenvalue weighted by Crippen LogP contribution is -2.43. The Balaban J connectivity index is 1.14. The molecule has 3 heteroatoms. The molecule has 0 aromatic heterocycles. The van der Waals surface area contributed by atoms with Gasteiger partial charge in [-0.2, -0.15) is 4.58 Å². The average Bonchev–Trinajstić information content (AvgIpc) is 3.73. The number of hydrogen-bond donors (Lipinski definition) is 0. The van der Waals surface area contributed by atoms with Crippen LogP contribution in [0.25, 0.3) is 16.7 Å². The number of hydrogen-bond acceptors (Lipinski definition) is 2. The fourth-order valence-electron chi connectivity index (χ4n) is 9.60. The molecule has 0 N–H and O–H groups in total. The molecule has 3 nitrogen and oxygen atoms in total. The van der Waals surface area contributed by atoms with Gasteiger partial charge in [-0.15, -0.1) is 0 Å². The lowest BCUT2D eigenvalue weighted by atomic mass is 9.82. The van der Waals surface area contributed by atoms with Crippen LogP contribution in [0.1, 0.15) is 42.0 Å². The van der Waals surface area contributed by atoms with E-state index in [1.807, 2.05) is 0 Å². The van der Waals surface area contributed by atoms with Crippen LogP contribution in [-0.2, 0) is 5.41 Å². The summed E-state index contributed by atoms with van der Waals surface area (Å²) in [5.41, 5.74) is 18.5. The third kappa shape index (κ3) is 3.21. The van der Waals surface area contributed by atoms with Gasteiger partial charge in [-0.1, -0.05) is 111 Å². The fourth-order valence-corrected chi connectivity index (χ4v) is 9.60. The number of allylic oxidation sites excluding steroid dienone is 4. The van der Waals surface area contributed by atoms with Crippen molar-refractivity contribution >= 4 is 45.4 Å². The molecule has 0 saturated carbocycles. The third-order valence-electron chi connectivity index (χ3n) is 11.6. The molecule has 5 aromatic rings. The van der Waals surface area contributed by atoms with Crippen LogP contribution in [0.2, 0.25) is 0 Å². The summed E-state index contributed by atoms with van der Waals surface area (Å²) in [5, 5.41) is 0. The number of benzene rings is 5. The molecule has 0 radical (unpaired) electrons. The highest BCUT2D eigenvalue weighted by Crippen LogP contribution is 2.60. The van der Waals surface area contributed by atoms with E-state index in [0.717, 1.165) is 0 Å². The highest BCUT2D eigenvalue weighted by Gasteiger charge is 2.52. The molecule has 0 amide bonds. The van der Waals surface area contributed by atoms with Crippen LogP contribution in [0, 0.1) is 0 Å². The second-order valence-corrected chi connectivity index (χ2v) is 14.3. The lowest BCUT2D eigenvalue weighted by molar-refractivity contribution is 0.660. The minimum atomic E-state index is -0.0608. The fraction of sp³-hybridized carbons (Fsp3) is 0.133. The summed E-state index contributed by atoms with van der Waals surface area (Å²) in [6.45, 7) is 4.74. The largest absolute Gasteiger partial charge is 0.333 e. The Kier molecular flexibility index (Phi) is 5.08. The van der Waals surface area contributed by atoms with E-state index in [-0.39, 0.29) is 23.4 Å². The van der Waals surface area contributed by atoms with Crippen LogP contribution in [0.3, 0.4) is 0 Å². The first-order valence-electron chi connectivity index (χ1n) is 17.2. The first-order valence-corrected chi connectivity index (χ1v) is 17.2. The van der Waals surface area contributed by atoms with Crippen molar-refractivity contribution in [2.75, 3.05) is 9.80 Å². The Labute approximate surface area is 281 Å². The zero-order valence-corrected chi connectivity index (χ0v) is 27.0. The van der Waals surface area contributed by atoms with Crippen molar-refractivity contribution in [2.24, 2.45) is 0 Å². The standard InChI is InChI=1S/C45H34N3/c1-45(2)35-18-8-6-15-30(35)31-24-23-29(27-36(31)45)47-38-20-10-11-21-39(38)48-43-32(17-12-22-41(43)47)33-25-26-40-42(44(33)48)34-16-7-9-19-37(34)46(40)28-13-4-3-5-14-28/h3-27,34,37,43H,1-2H3/q+1. The predicted molar refractivity (Wildman–Crippen MR) is 200 cm³/mol. The molecule has 3 aliphatic carbocycles. The molecule has 11 rings (SSSR count). The molecule has 48 heavy (non-hydrogen) atoms. The van der Waals surface area contributed by atoms with Crippen LogP contribution in [0.4, 0.5) is 34.1 Å². The van der Waals surface area contributed by atoms with E-state index in [4.69, 9.17) is 0 Å². The van der Waals surface area contributed by atoms with Crippen LogP contribution < -0.4 is 14.4 Å². The molecule has 3 atom stereocenters. The summed E-state index contributed by atoms with van der Waals surface area (Å²) in [6.07, 6.45) is 16.2. The normalized spacial score (nSPS) is 22.5. The van der Waals surface area contributed by atoms with Gasteiger partial charge in [-0.3, -0.25) is 0 Å². The summed E-state index contributed by atoms with van der Waals surface area (Å²) in [4.78, 5) is 5.21. The minimum absolute atomic E-state index is 0.0608. The maximum Gasteiger partial charge on any atom is 0.235 e. The van der Waals surface area contributed by atoms with Crippen molar-refractivity contribution < 1.29 is 0 Å². The Bertz CT molecular complexity index is 2400. The molecule has 0 fully saturated rings. The van der Waals surface area contributed by atoms with Gasteiger partial charge in [0.15, 0.2) is 0 Å². The van der Waals surface area contributed by atoms with Gasteiger partial charge in [0, 0.05) is 58.1 Å². The molecule has 6 aliphatic rings. The van der Waals surface area contributed by atoms with Crippen molar-refractivity contribution in [3.05, 3.63) is 174 Å². The summed E-state index contributed by atoms with van der Waals surface area (Å²) < 4.78 is 2.54. The van der Waals surface area contributed by atoms with Gasteiger partial charge >= 0.3 is 0 Å². The molecule has 3 aliphatic heterocycles. The number of fused-ring (bicyclic) bond motifs is 12. The second-order valence-electron chi connectivity index (χ2n) is 14.3. The minimum Gasteiger partial charge on any atom is -0.333 e. The summed E-state index contributed by atoms with van der Waals surface area (Å²) in [6, 6.07) is 41.1. The highest BCUT2D eigenvalue weighted by atomic mass is 15.3. The van der Waals surface area contributed by atoms with Crippen molar-refractivity contribution in [3.8, 4) is 11.1 Å². The van der Waals surface area contributed by atoms with Crippen LogP contribution >= 0.6 is 0 Å². The SMILES string of the molecule is CC1(C)c2ccccc2-c2ccc([N+]3=C4C=CC=C5c6ccc7c(c6N(c6ccccc63)C54)C3C=CC=CC3N7c3ccccc3)cc21. The van der Waals surface area contributed by atoms with Gasteiger partial charge in [-0.25, -0.2) is 0 Å². The van der Waals surface area contributed by atoms with E-state index in [9.17, 15) is 0 Å². The van der Waals surface area contributed by atoms with Gasteiger partial charge in [-0.05, 0) is 58.2 Å². The van der Waals surface area contributed by atoms with E-state index >= 15 is 0 Å². The number of rotatable bonds is 2. The van der Waals surface area contributed by atoms with Gasteiger partial charge in [0.25, 0.3) is 0 Å². The van der Waals surface area contributed by atoms with Gasteiger partial charge in [0.1, 0.15) is 11.7 Å². The van der Waals surface area contributed by atoms with Crippen LogP contribution in [-0.4, -0.2) is 17.8 Å². The second kappa shape index (κ2) is 9.23. The van der Waals surface area contributed by atoms with Crippen molar-refractivity contribution in [2.45, 2.75) is 37.3 Å². The van der Waals surface area contributed by atoms with Crippen LogP contribution in [0.15, 0.2) is 152 Å². The molecule has 3 unspecified atom stereocenters. The Morgan fingerprint density at radius 2 is 1.42 bits per heavy atom. The van der Waals surface area contributed by atoms with Gasteiger partial charge in [0.05, 0.1) is 11.7 Å². The summed E-state index contributed by atoms with van der Waals surface area (Å²) in [5.74, 6) is 0.267. The zero-order chi connectivity index (χ0) is 31.7. The quantitative estimate of drug-likeness (QED) is 0.183. The van der Waals surface area contributed by atoms with E-state index in [1.165, 1.54) is 78.8 Å². The summed E-state index contributed by atoms with van der Waals surface area (Å²) in [7, 11) is 0. The molecule has 5 aromatic carbocycles. The molecular formula is C45H34N3+. The Morgan fingerprint density at radius 3 is 2.33 bits per heavy atom. The third-order valence-corrected chi connectivity index (χ3v) is 11.6. The van der Waals surface area contributed by atoms with Crippen LogP contribution in [0.5, 0.6) is 0 Å². The van der Waals surface area contributed by atoms with E-state index < -0.39 is 0 Å². The molecule has 3 heterocycles. The Hall–Kier alpha value is -5.67. The number of nitrogens with zero attached hydrogens (tertiary/aromatic N) is 3. The number of anilines is 4. The maximum absolute atomic E-state index is 2.66. The van der Waals surface area contributed by atoms with Crippen molar-refractivity contribution in [1.82, 2.24) is 4.58 Å².